The quantitative estimate of drug-likeness (QED) is 0.732. The van der Waals surface area contributed by atoms with Crippen molar-refractivity contribution in [2.75, 3.05) is 13.2 Å². The van der Waals surface area contributed by atoms with Crippen LogP contribution in [-0.4, -0.2) is 29.7 Å². The van der Waals surface area contributed by atoms with Gasteiger partial charge in [0.15, 0.2) is 0 Å². The predicted octanol–water partition coefficient (Wildman–Crippen LogP) is 4.11. The van der Waals surface area contributed by atoms with Gasteiger partial charge >= 0.3 is 0 Å². The van der Waals surface area contributed by atoms with Crippen LogP contribution in [0.2, 0.25) is 0 Å². The zero-order chi connectivity index (χ0) is 18.1. The van der Waals surface area contributed by atoms with E-state index >= 15 is 0 Å². The lowest BCUT2D eigenvalue weighted by Gasteiger charge is -2.13. The summed E-state index contributed by atoms with van der Waals surface area (Å²) in [6, 6.07) is 10.5. The number of aromatic nitrogens is 1. The lowest BCUT2D eigenvalue weighted by molar-refractivity contribution is 0.0851. The van der Waals surface area contributed by atoms with Gasteiger partial charge in [-0.2, -0.15) is 0 Å². The van der Waals surface area contributed by atoms with E-state index in [1.165, 1.54) is 17.0 Å². The molecule has 3 heterocycles. The molecule has 1 unspecified atom stereocenters. The largest absolute Gasteiger partial charge is 0.376 e. The summed E-state index contributed by atoms with van der Waals surface area (Å²) in [5.41, 5.74) is 2.63. The minimum Gasteiger partial charge on any atom is -0.376 e. The predicted molar refractivity (Wildman–Crippen MR) is 101 cm³/mol. The van der Waals surface area contributed by atoms with Crippen LogP contribution in [0.3, 0.4) is 0 Å². The van der Waals surface area contributed by atoms with Crippen molar-refractivity contribution in [2.24, 2.45) is 0 Å². The maximum Gasteiger partial charge on any atom is 0.268 e. The van der Waals surface area contributed by atoms with Gasteiger partial charge < -0.3 is 14.6 Å². The van der Waals surface area contributed by atoms with E-state index < -0.39 is 0 Å². The number of hydrogen-bond acceptors (Lipinski definition) is 3. The van der Waals surface area contributed by atoms with Crippen molar-refractivity contribution in [1.82, 2.24) is 9.88 Å². The number of ether oxygens (including phenoxy) is 1. The van der Waals surface area contributed by atoms with Crippen molar-refractivity contribution >= 4 is 27.5 Å². The number of nitrogens with zero attached hydrogens (tertiary/aromatic N) is 1. The number of nitrogens with one attached hydrogen (secondary N) is 1. The van der Waals surface area contributed by atoms with Gasteiger partial charge in [-0.05, 0) is 49.6 Å². The zero-order valence-electron chi connectivity index (χ0n) is 14.6. The van der Waals surface area contributed by atoms with Gasteiger partial charge in [-0.1, -0.05) is 12.1 Å². The Morgan fingerprint density at radius 1 is 1.35 bits per heavy atom. The van der Waals surface area contributed by atoms with E-state index in [1.54, 1.807) is 23.5 Å². The minimum absolute atomic E-state index is 0.0938. The molecule has 136 valence electrons. The average molecular weight is 372 g/mol. The van der Waals surface area contributed by atoms with Gasteiger partial charge in [0.25, 0.3) is 5.91 Å². The van der Waals surface area contributed by atoms with Crippen molar-refractivity contribution in [2.45, 2.75) is 32.4 Å². The number of rotatable bonds is 5. The fraction of sp³-hybridized carbons (Fsp3) is 0.350. The Morgan fingerprint density at radius 2 is 2.15 bits per heavy atom. The summed E-state index contributed by atoms with van der Waals surface area (Å²) in [6.45, 7) is 3.90. The van der Waals surface area contributed by atoms with Gasteiger partial charge in [-0.15, -0.1) is 11.3 Å². The Hall–Kier alpha value is -2.18. The smallest absolute Gasteiger partial charge is 0.268 e. The molecular weight excluding hydrogens is 351 g/mol. The summed E-state index contributed by atoms with van der Waals surface area (Å²) in [7, 11) is 0. The molecular formula is C20H21FN2O2S. The van der Waals surface area contributed by atoms with Crippen LogP contribution in [0.25, 0.3) is 10.2 Å². The van der Waals surface area contributed by atoms with Crippen molar-refractivity contribution in [3.05, 3.63) is 58.3 Å². The van der Waals surface area contributed by atoms with Crippen LogP contribution in [-0.2, 0) is 11.3 Å². The van der Waals surface area contributed by atoms with E-state index in [0.29, 0.717) is 18.8 Å². The fourth-order valence-corrected chi connectivity index (χ4v) is 4.36. The highest BCUT2D eigenvalue weighted by Crippen LogP contribution is 2.29. The number of thiophene rings is 1. The number of halogens is 1. The average Bonchev–Trinajstić information content (AvgIpc) is 3.32. The van der Waals surface area contributed by atoms with E-state index in [1.807, 2.05) is 10.6 Å². The van der Waals surface area contributed by atoms with Gasteiger partial charge in [0.05, 0.1) is 16.3 Å². The van der Waals surface area contributed by atoms with E-state index in [-0.39, 0.29) is 17.8 Å². The first kappa shape index (κ1) is 17.2. The molecule has 26 heavy (non-hydrogen) atoms. The van der Waals surface area contributed by atoms with E-state index in [2.05, 4.69) is 18.3 Å². The first-order chi connectivity index (χ1) is 12.6. The lowest BCUT2D eigenvalue weighted by Crippen LogP contribution is -2.33. The Morgan fingerprint density at radius 3 is 2.88 bits per heavy atom. The molecule has 4 nitrogen and oxygen atoms in total. The first-order valence-electron chi connectivity index (χ1n) is 8.84. The second-order valence-electron chi connectivity index (χ2n) is 6.69. The maximum atomic E-state index is 13.2. The number of hydrogen-bond donors (Lipinski definition) is 1. The molecule has 1 N–H and O–H groups in total. The molecule has 0 saturated carbocycles. The van der Waals surface area contributed by atoms with Crippen molar-refractivity contribution in [3.63, 3.8) is 0 Å². The second-order valence-corrected chi connectivity index (χ2v) is 7.98. The number of aryl methyl sites for hydroxylation is 1. The maximum absolute atomic E-state index is 13.2. The highest BCUT2D eigenvalue weighted by molar-refractivity contribution is 7.19. The molecule has 1 amide bonds. The number of amides is 1. The zero-order valence-corrected chi connectivity index (χ0v) is 15.4. The molecule has 0 radical (unpaired) electrons. The number of carbonyl (C=O) groups excluding carboxylic acids is 1. The number of benzene rings is 1. The second kappa shape index (κ2) is 7.21. The lowest BCUT2D eigenvalue weighted by atomic mass is 10.2. The van der Waals surface area contributed by atoms with E-state index in [9.17, 15) is 9.18 Å². The molecule has 1 aliphatic rings. The highest BCUT2D eigenvalue weighted by atomic mass is 32.1. The van der Waals surface area contributed by atoms with Crippen molar-refractivity contribution in [1.29, 1.82) is 0 Å². The molecule has 1 aromatic carbocycles. The van der Waals surface area contributed by atoms with Crippen LogP contribution < -0.4 is 5.32 Å². The summed E-state index contributed by atoms with van der Waals surface area (Å²) < 4.78 is 21.9. The SMILES string of the molecule is Cc1cc2c(cc(C(=O)NCC3CCCO3)n2Cc2ccc(F)cc2)s1. The van der Waals surface area contributed by atoms with Gasteiger partial charge in [0.1, 0.15) is 11.5 Å². The molecule has 0 bridgehead atoms. The molecule has 1 aliphatic heterocycles. The Kier molecular flexibility index (Phi) is 4.78. The fourth-order valence-electron chi connectivity index (χ4n) is 3.40. The van der Waals surface area contributed by atoms with Crippen LogP contribution >= 0.6 is 11.3 Å². The highest BCUT2D eigenvalue weighted by Gasteiger charge is 2.20. The third kappa shape index (κ3) is 3.52. The molecule has 0 aliphatic carbocycles. The van der Waals surface area contributed by atoms with Crippen LogP contribution in [0.4, 0.5) is 4.39 Å². The molecule has 2 aromatic heterocycles. The van der Waals surface area contributed by atoms with Gasteiger partial charge in [0.2, 0.25) is 0 Å². The Balaban J connectivity index is 1.61. The molecule has 4 rings (SSSR count). The monoisotopic (exact) mass is 372 g/mol. The molecule has 1 fully saturated rings. The third-order valence-electron chi connectivity index (χ3n) is 4.71. The van der Waals surface area contributed by atoms with Gasteiger partial charge in [-0.25, -0.2) is 4.39 Å². The Labute approximate surface area is 155 Å². The molecule has 6 heteroatoms. The molecule has 1 atom stereocenters. The van der Waals surface area contributed by atoms with Gasteiger partial charge in [0, 0.05) is 24.6 Å². The summed E-state index contributed by atoms with van der Waals surface area (Å²) in [4.78, 5) is 14.0. The molecule has 0 spiro atoms. The van der Waals surface area contributed by atoms with Crippen LogP contribution in [0, 0.1) is 12.7 Å². The third-order valence-corrected chi connectivity index (χ3v) is 5.70. The minimum atomic E-state index is -0.257. The Bertz CT molecular complexity index is 923. The van der Waals surface area contributed by atoms with E-state index in [4.69, 9.17) is 4.74 Å². The summed E-state index contributed by atoms with van der Waals surface area (Å²) >= 11 is 1.68. The van der Waals surface area contributed by atoms with Crippen molar-refractivity contribution in [3.8, 4) is 0 Å². The topological polar surface area (TPSA) is 43.3 Å². The van der Waals surface area contributed by atoms with Crippen molar-refractivity contribution < 1.29 is 13.9 Å². The standard InChI is InChI=1S/C20H21FN2O2S/c1-13-9-17-19(26-13)10-18(20(24)22-11-16-3-2-8-25-16)23(17)12-14-4-6-15(21)7-5-14/h4-7,9-10,16H,2-3,8,11-12H2,1H3,(H,22,24). The summed E-state index contributed by atoms with van der Waals surface area (Å²) in [5, 5.41) is 3.00. The van der Waals surface area contributed by atoms with Gasteiger partial charge in [-0.3, -0.25) is 4.79 Å². The van der Waals surface area contributed by atoms with E-state index in [0.717, 1.165) is 35.2 Å². The normalized spacial score (nSPS) is 17.1. The summed E-state index contributed by atoms with van der Waals surface area (Å²) in [5.74, 6) is -0.351. The van der Waals surface area contributed by atoms with Crippen LogP contribution in [0.15, 0.2) is 36.4 Å². The number of carbonyl (C=O) groups is 1. The first-order valence-corrected chi connectivity index (χ1v) is 9.66. The molecule has 3 aromatic rings. The van der Waals surface area contributed by atoms with Crippen LogP contribution in [0.1, 0.15) is 33.8 Å². The summed E-state index contributed by atoms with van der Waals surface area (Å²) in [6.07, 6.45) is 2.16. The van der Waals surface area contributed by atoms with Crippen LogP contribution in [0.5, 0.6) is 0 Å². The number of fused-ring (bicyclic) bond motifs is 1. The molecule has 1 saturated heterocycles.